The van der Waals surface area contributed by atoms with Crippen LogP contribution in [0.4, 0.5) is 5.69 Å². The molecule has 1 saturated carbocycles. The van der Waals surface area contributed by atoms with Crippen LogP contribution in [0.2, 0.25) is 0 Å². The van der Waals surface area contributed by atoms with Crippen LogP contribution in [0.1, 0.15) is 20.3 Å². The van der Waals surface area contributed by atoms with Gasteiger partial charge in [0.1, 0.15) is 5.01 Å². The molecular weight excluding hydrogens is 256 g/mol. The van der Waals surface area contributed by atoms with E-state index in [0.29, 0.717) is 6.04 Å². The third-order valence-electron chi connectivity index (χ3n) is 4.12. The van der Waals surface area contributed by atoms with Crippen LogP contribution < -0.4 is 5.32 Å². The number of anilines is 1. The van der Waals surface area contributed by atoms with E-state index in [0.717, 1.165) is 22.7 Å². The van der Waals surface area contributed by atoms with Crippen LogP contribution in [0.5, 0.6) is 0 Å². The number of benzene rings is 1. The molecule has 0 spiro atoms. The number of aliphatic hydroxyl groups is 1. The zero-order chi connectivity index (χ0) is 13.5. The maximum atomic E-state index is 9.75. The molecule has 1 aromatic heterocycles. The molecule has 3 nitrogen and oxygen atoms in total. The zero-order valence-corrected chi connectivity index (χ0v) is 11.9. The number of nitrogens with one attached hydrogen (secondary N) is 1. The lowest BCUT2D eigenvalue weighted by molar-refractivity contribution is -0.0510. The van der Waals surface area contributed by atoms with Crippen molar-refractivity contribution in [1.82, 2.24) is 4.98 Å². The lowest BCUT2D eigenvalue weighted by atomic mass is 9.64. The van der Waals surface area contributed by atoms with E-state index >= 15 is 0 Å². The predicted molar refractivity (Wildman–Crippen MR) is 79.4 cm³/mol. The summed E-state index contributed by atoms with van der Waals surface area (Å²) in [6.45, 7) is 4.20. The van der Waals surface area contributed by atoms with Gasteiger partial charge in [-0.05, 0) is 30.7 Å². The minimum absolute atomic E-state index is 0.0476. The highest BCUT2D eigenvalue weighted by molar-refractivity contribution is 7.13. The number of rotatable bonds is 3. The first kappa shape index (κ1) is 12.6. The fourth-order valence-corrected chi connectivity index (χ4v) is 3.07. The highest BCUT2D eigenvalue weighted by atomic mass is 32.1. The molecule has 0 radical (unpaired) electrons. The van der Waals surface area contributed by atoms with E-state index < -0.39 is 0 Å². The predicted octanol–water partition coefficient (Wildman–Crippen LogP) is 3.38. The Morgan fingerprint density at radius 2 is 2.05 bits per heavy atom. The molecule has 2 aromatic rings. The summed E-state index contributed by atoms with van der Waals surface area (Å²) >= 11 is 1.65. The smallest absolute Gasteiger partial charge is 0.123 e. The third-order valence-corrected chi connectivity index (χ3v) is 4.94. The number of nitrogens with zero attached hydrogens (tertiary/aromatic N) is 1. The molecule has 3 rings (SSSR count). The van der Waals surface area contributed by atoms with Crippen LogP contribution in [0.15, 0.2) is 35.8 Å². The lowest BCUT2D eigenvalue weighted by Crippen LogP contribution is -2.56. The van der Waals surface area contributed by atoms with Crippen LogP contribution >= 0.6 is 11.3 Å². The van der Waals surface area contributed by atoms with Gasteiger partial charge in [0, 0.05) is 34.3 Å². The molecule has 100 valence electrons. The average molecular weight is 274 g/mol. The van der Waals surface area contributed by atoms with Crippen LogP contribution in [-0.2, 0) is 0 Å². The van der Waals surface area contributed by atoms with Crippen molar-refractivity contribution in [3.8, 4) is 10.6 Å². The fraction of sp³-hybridized carbons (Fsp3) is 0.400. The molecule has 0 aliphatic heterocycles. The summed E-state index contributed by atoms with van der Waals surface area (Å²) in [6.07, 6.45) is 2.45. The number of hydrogen-bond acceptors (Lipinski definition) is 4. The van der Waals surface area contributed by atoms with Gasteiger partial charge in [-0.3, -0.25) is 0 Å². The van der Waals surface area contributed by atoms with Crippen molar-refractivity contribution in [1.29, 1.82) is 0 Å². The minimum atomic E-state index is -0.195. The van der Waals surface area contributed by atoms with E-state index in [9.17, 15) is 5.11 Å². The van der Waals surface area contributed by atoms with Gasteiger partial charge >= 0.3 is 0 Å². The monoisotopic (exact) mass is 274 g/mol. The van der Waals surface area contributed by atoms with Crippen molar-refractivity contribution in [2.75, 3.05) is 5.32 Å². The van der Waals surface area contributed by atoms with Crippen molar-refractivity contribution in [2.45, 2.75) is 32.4 Å². The van der Waals surface area contributed by atoms with Crippen LogP contribution in [0.25, 0.3) is 10.6 Å². The molecule has 2 unspecified atom stereocenters. The lowest BCUT2D eigenvalue weighted by Gasteiger charge is -2.49. The molecule has 4 heteroatoms. The first-order valence-corrected chi connectivity index (χ1v) is 7.40. The standard InChI is InChI=1S/C15H18N2OS/c1-15(2)12(9-13(15)18)17-11-5-3-10(4-6-11)14-16-7-8-19-14/h3-8,12-13,17-18H,9H2,1-2H3. The van der Waals surface area contributed by atoms with Gasteiger partial charge in [0.15, 0.2) is 0 Å². The van der Waals surface area contributed by atoms with E-state index in [1.807, 2.05) is 11.6 Å². The average Bonchev–Trinajstić information content (AvgIpc) is 2.93. The second-order valence-corrected chi connectivity index (χ2v) is 6.58. The first-order valence-electron chi connectivity index (χ1n) is 6.52. The highest BCUT2D eigenvalue weighted by Crippen LogP contribution is 2.42. The van der Waals surface area contributed by atoms with Crippen LogP contribution in [0.3, 0.4) is 0 Å². The summed E-state index contributed by atoms with van der Waals surface area (Å²) < 4.78 is 0. The second-order valence-electron chi connectivity index (χ2n) is 5.68. The number of aliphatic hydroxyl groups excluding tert-OH is 1. The van der Waals surface area contributed by atoms with E-state index in [2.05, 4.69) is 48.4 Å². The molecule has 1 fully saturated rings. The summed E-state index contributed by atoms with van der Waals surface area (Å²) in [4.78, 5) is 4.30. The Hall–Kier alpha value is -1.39. The molecule has 1 aliphatic carbocycles. The van der Waals surface area contributed by atoms with Crippen LogP contribution in [-0.4, -0.2) is 22.2 Å². The van der Waals surface area contributed by atoms with Crippen molar-refractivity contribution in [2.24, 2.45) is 5.41 Å². The Morgan fingerprint density at radius 1 is 1.32 bits per heavy atom. The maximum Gasteiger partial charge on any atom is 0.123 e. The molecule has 0 saturated heterocycles. The summed E-state index contributed by atoms with van der Waals surface area (Å²) in [5.41, 5.74) is 2.20. The molecule has 2 N–H and O–H groups in total. The SMILES string of the molecule is CC1(C)C(O)CC1Nc1ccc(-c2nccs2)cc1. The summed E-state index contributed by atoms with van der Waals surface area (Å²) in [7, 11) is 0. The van der Waals surface area contributed by atoms with Gasteiger partial charge in [-0.1, -0.05) is 13.8 Å². The number of aromatic nitrogens is 1. The van der Waals surface area contributed by atoms with Crippen molar-refractivity contribution >= 4 is 17.0 Å². The Labute approximate surface area is 117 Å². The third kappa shape index (κ3) is 2.26. The summed E-state index contributed by atoms with van der Waals surface area (Å²) in [5.74, 6) is 0. The number of hydrogen-bond donors (Lipinski definition) is 2. The largest absolute Gasteiger partial charge is 0.392 e. The van der Waals surface area contributed by atoms with Crippen molar-refractivity contribution in [3.63, 3.8) is 0 Å². The van der Waals surface area contributed by atoms with Gasteiger partial charge in [-0.15, -0.1) is 11.3 Å². The minimum Gasteiger partial charge on any atom is -0.392 e. The molecule has 1 aliphatic rings. The molecule has 0 bridgehead atoms. The summed E-state index contributed by atoms with van der Waals surface area (Å²) in [6, 6.07) is 8.68. The van der Waals surface area contributed by atoms with Gasteiger partial charge in [-0.2, -0.15) is 0 Å². The Morgan fingerprint density at radius 3 is 2.58 bits per heavy atom. The van der Waals surface area contributed by atoms with Gasteiger partial charge in [0.25, 0.3) is 0 Å². The number of thiazole rings is 1. The Bertz CT molecular complexity index is 548. The van der Waals surface area contributed by atoms with E-state index in [1.54, 1.807) is 11.3 Å². The zero-order valence-electron chi connectivity index (χ0n) is 11.1. The molecule has 1 aromatic carbocycles. The molecule has 2 atom stereocenters. The molecule has 1 heterocycles. The normalized spacial score (nSPS) is 24.8. The second kappa shape index (κ2) is 4.62. The van der Waals surface area contributed by atoms with Crippen molar-refractivity contribution < 1.29 is 5.11 Å². The molecule has 0 amide bonds. The van der Waals surface area contributed by atoms with E-state index in [-0.39, 0.29) is 11.5 Å². The first-order chi connectivity index (χ1) is 9.07. The quantitative estimate of drug-likeness (QED) is 0.902. The van der Waals surface area contributed by atoms with Crippen molar-refractivity contribution in [3.05, 3.63) is 35.8 Å². The topological polar surface area (TPSA) is 45.1 Å². The molecular formula is C15H18N2OS. The highest BCUT2D eigenvalue weighted by Gasteiger charge is 2.47. The Balaban J connectivity index is 1.70. The molecule has 19 heavy (non-hydrogen) atoms. The van der Waals surface area contributed by atoms with E-state index in [1.165, 1.54) is 0 Å². The summed E-state index contributed by atoms with van der Waals surface area (Å²) in [5, 5.41) is 16.3. The van der Waals surface area contributed by atoms with Gasteiger partial charge in [0.2, 0.25) is 0 Å². The van der Waals surface area contributed by atoms with Gasteiger partial charge in [0.05, 0.1) is 6.10 Å². The van der Waals surface area contributed by atoms with Gasteiger partial charge in [-0.25, -0.2) is 4.98 Å². The maximum absolute atomic E-state index is 9.75. The Kier molecular flexibility index (Phi) is 3.07. The van der Waals surface area contributed by atoms with E-state index in [4.69, 9.17) is 0 Å². The van der Waals surface area contributed by atoms with Crippen LogP contribution in [0, 0.1) is 5.41 Å². The van der Waals surface area contributed by atoms with Gasteiger partial charge < -0.3 is 10.4 Å². The fourth-order valence-electron chi connectivity index (χ4n) is 2.42.